The zero-order valence-corrected chi connectivity index (χ0v) is 10.8. The predicted octanol–water partition coefficient (Wildman–Crippen LogP) is 3.45. The first-order chi connectivity index (χ1) is 8.62. The van der Waals surface area contributed by atoms with Crippen molar-refractivity contribution >= 4 is 6.21 Å². The third kappa shape index (κ3) is 1.59. The van der Waals surface area contributed by atoms with Crippen molar-refractivity contribution < 1.29 is 0 Å². The van der Waals surface area contributed by atoms with E-state index < -0.39 is 0 Å². The maximum atomic E-state index is 8.85. The van der Waals surface area contributed by atoms with Crippen LogP contribution in [-0.2, 0) is 0 Å². The summed E-state index contributed by atoms with van der Waals surface area (Å²) in [7, 11) is 0. The minimum absolute atomic E-state index is 0.254. The topological polar surface area (TPSA) is 36.1 Å². The van der Waals surface area contributed by atoms with Gasteiger partial charge in [0, 0.05) is 12.1 Å². The van der Waals surface area contributed by atoms with Crippen LogP contribution < -0.4 is 0 Å². The number of rotatable bonds is 1. The average molecular weight is 236 g/mol. The summed E-state index contributed by atoms with van der Waals surface area (Å²) in [5.74, 6) is 0.453. The van der Waals surface area contributed by atoms with E-state index in [2.05, 4.69) is 37.0 Å². The molecule has 2 aliphatic rings. The number of hydrogen-bond donors (Lipinski definition) is 0. The number of aliphatic imine (C=N–C) groups is 1. The molecule has 1 aliphatic carbocycles. The number of nitriles is 1. The average Bonchev–Trinajstić information content (AvgIpc) is 2.93. The highest BCUT2D eigenvalue weighted by Crippen LogP contribution is 2.51. The molecule has 0 saturated heterocycles. The summed E-state index contributed by atoms with van der Waals surface area (Å²) in [6.45, 7) is 5.48. The monoisotopic (exact) mass is 236 g/mol. The van der Waals surface area contributed by atoms with Gasteiger partial charge < -0.3 is 0 Å². The van der Waals surface area contributed by atoms with Crippen molar-refractivity contribution in [2.24, 2.45) is 10.4 Å². The van der Waals surface area contributed by atoms with Crippen LogP contribution in [0.5, 0.6) is 0 Å². The van der Waals surface area contributed by atoms with E-state index in [0.29, 0.717) is 5.92 Å². The molecule has 3 rings (SSSR count). The Balaban J connectivity index is 1.99. The van der Waals surface area contributed by atoms with Gasteiger partial charge in [-0.1, -0.05) is 26.0 Å². The first kappa shape index (κ1) is 11.2. The van der Waals surface area contributed by atoms with E-state index >= 15 is 0 Å². The summed E-state index contributed by atoms with van der Waals surface area (Å²) >= 11 is 0. The molecule has 0 radical (unpaired) electrons. The Morgan fingerprint density at radius 2 is 2.00 bits per heavy atom. The molecule has 1 aromatic rings. The second kappa shape index (κ2) is 3.81. The van der Waals surface area contributed by atoms with Gasteiger partial charge in [-0.25, -0.2) is 0 Å². The van der Waals surface area contributed by atoms with Gasteiger partial charge >= 0.3 is 0 Å². The Kier molecular flexibility index (Phi) is 2.38. The molecule has 1 atom stereocenters. The van der Waals surface area contributed by atoms with Gasteiger partial charge in [-0.3, -0.25) is 4.99 Å². The van der Waals surface area contributed by atoms with Crippen LogP contribution in [0.15, 0.2) is 40.4 Å². The van der Waals surface area contributed by atoms with E-state index in [4.69, 9.17) is 5.26 Å². The minimum Gasteiger partial charge on any atom is -0.288 e. The van der Waals surface area contributed by atoms with Crippen molar-refractivity contribution in [2.75, 3.05) is 6.54 Å². The quantitative estimate of drug-likeness (QED) is 0.735. The number of allylic oxidation sites excluding steroid dienone is 1. The lowest BCUT2D eigenvalue weighted by atomic mass is 9.83. The second-order valence-corrected chi connectivity index (χ2v) is 5.78. The standard InChI is InChI=1S/C16H16N2/c1-16(2)7-13(14-9-18-10-15(14)16)12-5-3-11(8-17)4-6-12/h3-6,9,13H,7,10H2,1-2H3/t13-/m0/s1. The largest absolute Gasteiger partial charge is 0.288 e. The molecule has 1 aliphatic heterocycles. The highest BCUT2D eigenvalue weighted by atomic mass is 14.8. The van der Waals surface area contributed by atoms with Gasteiger partial charge in [-0.05, 0) is 40.7 Å². The number of hydrogen-bond acceptors (Lipinski definition) is 2. The van der Waals surface area contributed by atoms with Crippen LogP contribution in [0.1, 0.15) is 37.3 Å². The lowest BCUT2D eigenvalue weighted by Gasteiger charge is -2.22. The normalized spacial score (nSPS) is 24.2. The fourth-order valence-corrected chi connectivity index (χ4v) is 3.14. The van der Waals surface area contributed by atoms with Crippen molar-refractivity contribution in [3.8, 4) is 6.07 Å². The number of benzene rings is 1. The van der Waals surface area contributed by atoms with Crippen molar-refractivity contribution in [1.82, 2.24) is 0 Å². The van der Waals surface area contributed by atoms with Crippen molar-refractivity contribution in [3.05, 3.63) is 46.5 Å². The van der Waals surface area contributed by atoms with Gasteiger partial charge in [-0.15, -0.1) is 0 Å². The van der Waals surface area contributed by atoms with E-state index in [1.54, 1.807) is 0 Å². The Labute approximate surface area is 108 Å². The van der Waals surface area contributed by atoms with Crippen LogP contribution in [0.3, 0.4) is 0 Å². The van der Waals surface area contributed by atoms with E-state index in [0.717, 1.165) is 18.5 Å². The van der Waals surface area contributed by atoms with Gasteiger partial charge in [0.05, 0.1) is 18.2 Å². The summed E-state index contributed by atoms with van der Waals surface area (Å²) in [5, 5.41) is 8.85. The molecular formula is C16H16N2. The Bertz CT molecular complexity index is 583. The van der Waals surface area contributed by atoms with Crippen LogP contribution in [0, 0.1) is 16.7 Å². The fourth-order valence-electron chi connectivity index (χ4n) is 3.14. The fraction of sp³-hybridized carbons (Fsp3) is 0.375. The molecule has 0 spiro atoms. The third-order valence-corrected chi connectivity index (χ3v) is 4.18. The molecule has 0 unspecified atom stereocenters. The predicted molar refractivity (Wildman–Crippen MR) is 72.7 cm³/mol. The van der Waals surface area contributed by atoms with E-state index in [9.17, 15) is 0 Å². The number of nitrogens with zero attached hydrogens (tertiary/aromatic N) is 2. The van der Waals surface area contributed by atoms with Crippen molar-refractivity contribution in [3.63, 3.8) is 0 Å². The maximum Gasteiger partial charge on any atom is 0.0991 e. The summed E-state index contributed by atoms with van der Waals surface area (Å²) in [6, 6.07) is 10.2. The summed E-state index contributed by atoms with van der Waals surface area (Å²) < 4.78 is 0. The molecule has 2 heteroatoms. The Morgan fingerprint density at radius 1 is 1.28 bits per heavy atom. The van der Waals surface area contributed by atoms with Gasteiger partial charge in [0.15, 0.2) is 0 Å². The first-order valence-electron chi connectivity index (χ1n) is 6.35. The van der Waals surface area contributed by atoms with E-state index in [-0.39, 0.29) is 5.41 Å². The molecule has 18 heavy (non-hydrogen) atoms. The molecule has 0 amide bonds. The Morgan fingerprint density at radius 3 is 2.67 bits per heavy atom. The zero-order chi connectivity index (χ0) is 12.8. The molecule has 2 nitrogen and oxygen atoms in total. The van der Waals surface area contributed by atoms with Gasteiger partial charge in [0.2, 0.25) is 0 Å². The lowest BCUT2D eigenvalue weighted by molar-refractivity contribution is 0.419. The van der Waals surface area contributed by atoms with Gasteiger partial charge in [0.1, 0.15) is 0 Å². The zero-order valence-electron chi connectivity index (χ0n) is 10.8. The molecule has 1 aromatic carbocycles. The first-order valence-corrected chi connectivity index (χ1v) is 6.35. The highest BCUT2D eigenvalue weighted by Gasteiger charge is 2.40. The summed E-state index contributed by atoms with van der Waals surface area (Å²) in [4.78, 5) is 4.42. The molecular weight excluding hydrogens is 220 g/mol. The molecule has 0 aromatic heterocycles. The van der Waals surface area contributed by atoms with E-state index in [1.807, 2.05) is 18.3 Å². The Hall–Kier alpha value is -1.88. The molecule has 0 saturated carbocycles. The van der Waals surface area contributed by atoms with Crippen LogP contribution >= 0.6 is 0 Å². The molecule has 0 fully saturated rings. The smallest absolute Gasteiger partial charge is 0.0991 e. The maximum absolute atomic E-state index is 8.85. The van der Waals surface area contributed by atoms with Gasteiger partial charge in [0.25, 0.3) is 0 Å². The summed E-state index contributed by atoms with van der Waals surface area (Å²) in [6.07, 6.45) is 3.20. The van der Waals surface area contributed by atoms with Gasteiger partial charge in [-0.2, -0.15) is 5.26 Å². The third-order valence-electron chi connectivity index (χ3n) is 4.18. The molecule has 90 valence electrons. The lowest BCUT2D eigenvalue weighted by Crippen LogP contribution is -2.12. The second-order valence-electron chi connectivity index (χ2n) is 5.78. The molecule has 0 N–H and O–H groups in total. The molecule has 0 bridgehead atoms. The molecule has 1 heterocycles. The van der Waals surface area contributed by atoms with Crippen molar-refractivity contribution in [2.45, 2.75) is 26.2 Å². The SMILES string of the molecule is CC1(C)C[C@@H](c2ccc(C#N)cc2)C2=C1CN=C2. The van der Waals surface area contributed by atoms with Crippen LogP contribution in [-0.4, -0.2) is 12.8 Å². The van der Waals surface area contributed by atoms with Crippen LogP contribution in [0.2, 0.25) is 0 Å². The minimum atomic E-state index is 0.254. The van der Waals surface area contributed by atoms with Crippen molar-refractivity contribution in [1.29, 1.82) is 5.26 Å². The van der Waals surface area contributed by atoms with Crippen LogP contribution in [0.4, 0.5) is 0 Å². The highest BCUT2D eigenvalue weighted by molar-refractivity contribution is 5.86. The summed E-state index contributed by atoms with van der Waals surface area (Å²) in [5.41, 5.74) is 5.19. The van der Waals surface area contributed by atoms with E-state index in [1.165, 1.54) is 16.7 Å². The van der Waals surface area contributed by atoms with Crippen LogP contribution in [0.25, 0.3) is 0 Å².